The number of hydrogen-bond acceptors (Lipinski definition) is 5. The molecule has 0 aliphatic rings. The fraction of sp³-hybridized carbons (Fsp3) is 0.0714. The highest BCUT2D eigenvalue weighted by Crippen LogP contribution is 2.27. The fourth-order valence-corrected chi connectivity index (χ4v) is 3.72. The highest BCUT2D eigenvalue weighted by molar-refractivity contribution is 9.10. The molecule has 104 valence electrons. The van der Waals surface area contributed by atoms with E-state index in [0.29, 0.717) is 9.99 Å². The van der Waals surface area contributed by atoms with Crippen LogP contribution >= 0.6 is 39.0 Å². The smallest absolute Gasteiger partial charge is 0.267 e. The van der Waals surface area contributed by atoms with E-state index in [0.717, 1.165) is 15.7 Å². The van der Waals surface area contributed by atoms with Gasteiger partial charge < -0.3 is 0 Å². The maximum atomic E-state index is 12.5. The number of thiazole rings is 1. The molecule has 0 unspecified atom stereocenters. The lowest BCUT2D eigenvalue weighted by atomic mass is 10.2. The van der Waals surface area contributed by atoms with E-state index in [9.17, 15) is 10.1 Å². The normalized spacial score (nSPS) is 10.7. The first-order valence-corrected chi connectivity index (χ1v) is 8.79. The van der Waals surface area contributed by atoms with Gasteiger partial charge in [0.1, 0.15) is 16.7 Å². The predicted octanol–water partition coefficient (Wildman–Crippen LogP) is 3.78. The van der Waals surface area contributed by atoms with E-state index in [4.69, 9.17) is 0 Å². The van der Waals surface area contributed by atoms with E-state index in [-0.39, 0.29) is 11.1 Å². The summed E-state index contributed by atoms with van der Waals surface area (Å²) in [6.45, 7) is 0. The van der Waals surface area contributed by atoms with Crippen molar-refractivity contribution in [3.05, 3.63) is 50.0 Å². The number of halogens is 1. The minimum atomic E-state index is -0.314. The second kappa shape index (κ2) is 5.64. The zero-order valence-corrected chi connectivity index (χ0v) is 14.1. The molecule has 4 nitrogen and oxygen atoms in total. The molecule has 2 aromatic heterocycles. The second-order valence-corrected chi connectivity index (χ2v) is 6.71. The first-order chi connectivity index (χ1) is 10.2. The van der Waals surface area contributed by atoms with E-state index >= 15 is 0 Å². The Hall–Kier alpha value is -1.62. The first kappa shape index (κ1) is 14.3. The summed E-state index contributed by atoms with van der Waals surface area (Å²) in [7, 11) is 0. The largest absolute Gasteiger partial charge is 0.278 e. The Kier molecular flexibility index (Phi) is 3.85. The highest BCUT2D eigenvalue weighted by Gasteiger charge is 2.16. The molecular formula is C14H8BrN3OS2. The molecule has 3 aromatic rings. The van der Waals surface area contributed by atoms with Crippen LogP contribution in [0.1, 0.15) is 5.56 Å². The Balaban J connectivity index is 2.35. The topological polar surface area (TPSA) is 58.2 Å². The molecule has 0 aliphatic carbocycles. The van der Waals surface area contributed by atoms with Crippen molar-refractivity contribution in [3.63, 3.8) is 0 Å². The van der Waals surface area contributed by atoms with Crippen molar-refractivity contribution < 1.29 is 0 Å². The summed E-state index contributed by atoms with van der Waals surface area (Å²) >= 11 is 6.09. The van der Waals surface area contributed by atoms with Gasteiger partial charge >= 0.3 is 0 Å². The molecule has 0 amide bonds. The van der Waals surface area contributed by atoms with E-state index in [1.165, 1.54) is 27.5 Å². The van der Waals surface area contributed by atoms with Gasteiger partial charge in [-0.05, 0) is 24.0 Å². The monoisotopic (exact) mass is 377 g/mol. The minimum absolute atomic E-state index is 0.0942. The lowest BCUT2D eigenvalue weighted by molar-refractivity contribution is 0.999. The summed E-state index contributed by atoms with van der Waals surface area (Å²) in [5.41, 5.74) is 1.45. The Bertz CT molecular complexity index is 922. The van der Waals surface area contributed by atoms with E-state index < -0.39 is 0 Å². The zero-order valence-electron chi connectivity index (χ0n) is 10.8. The molecular weight excluding hydrogens is 370 g/mol. The molecule has 0 saturated heterocycles. The summed E-state index contributed by atoms with van der Waals surface area (Å²) in [6, 6.07) is 9.64. The van der Waals surface area contributed by atoms with Crippen LogP contribution in [-0.2, 0) is 0 Å². The van der Waals surface area contributed by atoms with Crippen LogP contribution in [0.25, 0.3) is 16.2 Å². The summed E-state index contributed by atoms with van der Waals surface area (Å²) in [6.07, 6.45) is 1.81. The lowest BCUT2D eigenvalue weighted by Crippen LogP contribution is -2.18. The summed E-state index contributed by atoms with van der Waals surface area (Å²) < 4.78 is 2.48. The van der Waals surface area contributed by atoms with Crippen LogP contribution in [0.4, 0.5) is 0 Å². The van der Waals surface area contributed by atoms with Crippen molar-refractivity contribution in [2.45, 2.75) is 5.03 Å². The van der Waals surface area contributed by atoms with E-state index in [2.05, 4.69) is 20.9 Å². The van der Waals surface area contributed by atoms with Crippen LogP contribution in [0, 0.1) is 11.3 Å². The zero-order chi connectivity index (χ0) is 15.0. The standard InChI is InChI=1S/C14H8BrN3OS2/c1-20-12-10(6-16)13(19)18-11(7-21-14(18)17-12)8-2-4-9(15)5-3-8/h2-5,7H,1H3. The van der Waals surface area contributed by atoms with Crippen molar-refractivity contribution >= 4 is 44.0 Å². The predicted molar refractivity (Wildman–Crippen MR) is 89.0 cm³/mol. The average molecular weight is 378 g/mol. The number of nitrogens with zero attached hydrogens (tertiary/aromatic N) is 3. The van der Waals surface area contributed by atoms with Gasteiger partial charge in [-0.1, -0.05) is 28.1 Å². The molecule has 1 aromatic carbocycles. The van der Waals surface area contributed by atoms with Crippen LogP contribution in [0.5, 0.6) is 0 Å². The molecule has 0 aliphatic heterocycles. The third-order valence-electron chi connectivity index (χ3n) is 2.98. The van der Waals surface area contributed by atoms with Gasteiger partial charge in [0.2, 0.25) is 0 Å². The maximum absolute atomic E-state index is 12.5. The number of rotatable bonds is 2. The van der Waals surface area contributed by atoms with Crippen molar-refractivity contribution in [1.82, 2.24) is 9.38 Å². The lowest BCUT2D eigenvalue weighted by Gasteiger charge is -2.04. The number of hydrogen-bond donors (Lipinski definition) is 0. The van der Waals surface area contributed by atoms with Crippen LogP contribution in [0.15, 0.2) is 43.9 Å². The molecule has 0 fully saturated rings. The van der Waals surface area contributed by atoms with Gasteiger partial charge in [-0.25, -0.2) is 9.38 Å². The molecule has 0 N–H and O–H groups in total. The third kappa shape index (κ3) is 2.39. The van der Waals surface area contributed by atoms with Crippen LogP contribution in [0.2, 0.25) is 0 Å². The van der Waals surface area contributed by atoms with Gasteiger partial charge in [0, 0.05) is 9.85 Å². The Labute approximate surface area is 137 Å². The summed E-state index contributed by atoms with van der Waals surface area (Å²) in [4.78, 5) is 17.5. The van der Waals surface area contributed by atoms with Crippen molar-refractivity contribution in [2.24, 2.45) is 0 Å². The van der Waals surface area contributed by atoms with Crippen molar-refractivity contribution in [3.8, 4) is 17.3 Å². The van der Waals surface area contributed by atoms with Crippen molar-refractivity contribution in [1.29, 1.82) is 5.26 Å². The highest BCUT2D eigenvalue weighted by atomic mass is 79.9. The van der Waals surface area contributed by atoms with Crippen LogP contribution in [-0.4, -0.2) is 15.6 Å². The Morgan fingerprint density at radius 1 is 1.38 bits per heavy atom. The molecule has 2 heterocycles. The Morgan fingerprint density at radius 3 is 2.71 bits per heavy atom. The van der Waals surface area contributed by atoms with Crippen LogP contribution in [0.3, 0.4) is 0 Å². The molecule has 0 spiro atoms. The molecule has 0 bridgehead atoms. The van der Waals surface area contributed by atoms with Crippen LogP contribution < -0.4 is 5.56 Å². The van der Waals surface area contributed by atoms with Gasteiger partial charge in [-0.2, -0.15) is 5.26 Å². The van der Waals surface area contributed by atoms with Gasteiger partial charge in [-0.3, -0.25) is 4.79 Å². The summed E-state index contributed by atoms with van der Waals surface area (Å²) in [5.74, 6) is 0. The van der Waals surface area contributed by atoms with E-state index in [1.807, 2.05) is 42.0 Å². The molecule has 0 atom stereocenters. The summed E-state index contributed by atoms with van der Waals surface area (Å²) in [5, 5.41) is 11.6. The number of fused-ring (bicyclic) bond motifs is 1. The SMILES string of the molecule is CSc1nc2scc(-c3ccc(Br)cc3)n2c(=O)c1C#N. The quantitative estimate of drug-likeness (QED) is 0.503. The van der Waals surface area contributed by atoms with Gasteiger partial charge in [0.15, 0.2) is 4.96 Å². The molecule has 21 heavy (non-hydrogen) atoms. The first-order valence-electron chi connectivity index (χ1n) is 5.90. The number of aromatic nitrogens is 2. The molecule has 0 saturated carbocycles. The number of thioether (sulfide) groups is 1. The molecule has 0 radical (unpaired) electrons. The van der Waals surface area contributed by atoms with E-state index in [1.54, 1.807) is 0 Å². The van der Waals surface area contributed by atoms with Gasteiger partial charge in [0.25, 0.3) is 5.56 Å². The average Bonchev–Trinajstić information content (AvgIpc) is 2.92. The molecule has 7 heteroatoms. The van der Waals surface area contributed by atoms with Gasteiger partial charge in [0.05, 0.1) is 5.69 Å². The van der Waals surface area contributed by atoms with Gasteiger partial charge in [-0.15, -0.1) is 23.1 Å². The maximum Gasteiger partial charge on any atom is 0.278 e. The van der Waals surface area contributed by atoms with Crippen molar-refractivity contribution in [2.75, 3.05) is 6.26 Å². The minimum Gasteiger partial charge on any atom is -0.267 e. The third-order valence-corrected chi connectivity index (χ3v) is 5.02. The Morgan fingerprint density at radius 2 is 2.10 bits per heavy atom. The second-order valence-electron chi connectivity index (χ2n) is 4.16. The fourth-order valence-electron chi connectivity index (χ4n) is 2.00. The number of benzene rings is 1. The number of nitriles is 1. The molecule has 3 rings (SSSR count).